The van der Waals surface area contributed by atoms with E-state index >= 15 is 0 Å². The van der Waals surface area contributed by atoms with Crippen LogP contribution in [0.2, 0.25) is 0 Å². The van der Waals surface area contributed by atoms with Crippen LogP contribution in [0.3, 0.4) is 0 Å². The normalized spacial score (nSPS) is 22.4. The number of halogens is 1. The summed E-state index contributed by atoms with van der Waals surface area (Å²) >= 11 is 3.53. The minimum atomic E-state index is -0.920. The molecule has 3 aromatic carbocycles. The number of rotatable bonds is 4. The monoisotopic (exact) mass is 492 g/mol. The lowest BCUT2D eigenvalue weighted by Crippen LogP contribution is -2.37. The van der Waals surface area contributed by atoms with Gasteiger partial charge in [0.1, 0.15) is 11.7 Å². The zero-order chi connectivity index (χ0) is 22.4. The van der Waals surface area contributed by atoms with Crippen LogP contribution in [0.4, 0.5) is 11.4 Å². The number of aryl methyl sites for hydroxylation is 1. The first kappa shape index (κ1) is 20.7. The molecule has 2 heterocycles. The Labute approximate surface area is 194 Å². The molecule has 3 atom stereocenters. The van der Waals surface area contributed by atoms with Crippen molar-refractivity contribution in [1.29, 1.82) is 0 Å². The van der Waals surface area contributed by atoms with Gasteiger partial charge in [0, 0.05) is 10.0 Å². The molecular formula is C25H21BrN2O4. The van der Waals surface area contributed by atoms with Crippen molar-refractivity contribution in [3.63, 3.8) is 0 Å². The predicted octanol–water partition coefficient (Wildman–Crippen LogP) is 4.82. The van der Waals surface area contributed by atoms with Gasteiger partial charge in [0.15, 0.2) is 6.10 Å². The number of anilines is 2. The van der Waals surface area contributed by atoms with Crippen LogP contribution >= 0.6 is 15.9 Å². The number of hydrogen-bond donors (Lipinski definition) is 0. The molecule has 0 aliphatic carbocycles. The summed E-state index contributed by atoms with van der Waals surface area (Å²) in [6.07, 6.45) is -0.920. The SMILES string of the molecule is COc1ccc(Br)cc1[C@H]1[C@H]2C(=O)N(c3ccccc3C)C(=O)[C@@H]2ON1c1ccccc1. The molecule has 2 amide bonds. The molecular weight excluding hydrogens is 472 g/mol. The van der Waals surface area contributed by atoms with Gasteiger partial charge in [-0.15, -0.1) is 0 Å². The predicted molar refractivity (Wildman–Crippen MR) is 124 cm³/mol. The average Bonchev–Trinajstić information content (AvgIpc) is 3.31. The van der Waals surface area contributed by atoms with Gasteiger partial charge in [-0.05, 0) is 48.9 Å². The van der Waals surface area contributed by atoms with Gasteiger partial charge in [-0.25, -0.2) is 9.96 Å². The van der Waals surface area contributed by atoms with Crippen LogP contribution in [0.15, 0.2) is 77.3 Å². The van der Waals surface area contributed by atoms with Crippen LogP contribution in [0, 0.1) is 12.8 Å². The summed E-state index contributed by atoms with van der Waals surface area (Å²) < 4.78 is 6.47. The third-order valence-electron chi connectivity index (χ3n) is 5.99. The molecule has 0 spiro atoms. The third kappa shape index (κ3) is 3.20. The Balaban J connectivity index is 1.65. The molecule has 0 saturated carbocycles. The summed E-state index contributed by atoms with van der Waals surface area (Å²) in [6.45, 7) is 1.88. The molecule has 2 aliphatic rings. The van der Waals surface area contributed by atoms with Crippen LogP contribution < -0.4 is 14.7 Å². The third-order valence-corrected chi connectivity index (χ3v) is 6.49. The van der Waals surface area contributed by atoms with Crippen LogP contribution in [-0.2, 0) is 14.4 Å². The van der Waals surface area contributed by atoms with E-state index in [1.807, 2.05) is 73.7 Å². The number of benzene rings is 3. The maximum Gasteiger partial charge on any atom is 0.266 e. The van der Waals surface area contributed by atoms with E-state index in [1.165, 1.54) is 4.90 Å². The Morgan fingerprint density at radius 3 is 2.38 bits per heavy atom. The van der Waals surface area contributed by atoms with E-state index in [0.717, 1.165) is 21.3 Å². The number of carbonyl (C=O) groups is 2. The van der Waals surface area contributed by atoms with Crippen LogP contribution in [0.1, 0.15) is 17.2 Å². The van der Waals surface area contributed by atoms with E-state index in [2.05, 4.69) is 15.9 Å². The second kappa shape index (κ2) is 8.07. The van der Waals surface area contributed by atoms with Gasteiger partial charge in [-0.3, -0.25) is 14.4 Å². The van der Waals surface area contributed by atoms with Gasteiger partial charge in [0.2, 0.25) is 5.91 Å². The Morgan fingerprint density at radius 1 is 0.938 bits per heavy atom. The highest BCUT2D eigenvalue weighted by atomic mass is 79.9. The van der Waals surface area contributed by atoms with Crippen LogP contribution in [-0.4, -0.2) is 25.0 Å². The molecule has 2 aliphatic heterocycles. The summed E-state index contributed by atoms with van der Waals surface area (Å²) in [5.74, 6) is -0.727. The number of hydrogen-bond acceptors (Lipinski definition) is 5. The van der Waals surface area contributed by atoms with Crippen molar-refractivity contribution < 1.29 is 19.2 Å². The number of ether oxygens (including phenoxy) is 1. The number of carbonyl (C=O) groups excluding carboxylic acids is 2. The largest absolute Gasteiger partial charge is 0.496 e. The van der Waals surface area contributed by atoms with Crippen molar-refractivity contribution >= 4 is 39.1 Å². The molecule has 7 heteroatoms. The van der Waals surface area contributed by atoms with Gasteiger partial charge in [0.25, 0.3) is 5.91 Å². The van der Waals surface area contributed by atoms with Crippen molar-refractivity contribution in [1.82, 2.24) is 0 Å². The number of imide groups is 1. The summed E-state index contributed by atoms with van der Waals surface area (Å²) in [4.78, 5) is 34.7. The lowest BCUT2D eigenvalue weighted by atomic mass is 9.90. The van der Waals surface area contributed by atoms with E-state index in [4.69, 9.17) is 9.57 Å². The minimum absolute atomic E-state index is 0.278. The quantitative estimate of drug-likeness (QED) is 0.488. The molecule has 0 bridgehead atoms. The molecule has 32 heavy (non-hydrogen) atoms. The molecule has 2 fully saturated rings. The Kier molecular flexibility index (Phi) is 5.23. The molecule has 0 N–H and O–H groups in total. The summed E-state index contributed by atoms with van der Waals surface area (Å²) in [7, 11) is 1.59. The molecule has 2 saturated heterocycles. The second-order valence-corrected chi connectivity index (χ2v) is 8.76. The second-order valence-electron chi connectivity index (χ2n) is 7.84. The highest BCUT2D eigenvalue weighted by Crippen LogP contribution is 2.50. The van der Waals surface area contributed by atoms with E-state index < -0.39 is 18.1 Å². The lowest BCUT2D eigenvalue weighted by Gasteiger charge is -2.30. The molecule has 0 aromatic heterocycles. The average molecular weight is 493 g/mol. The Hall–Kier alpha value is -3.16. The fraction of sp³-hybridized carbons (Fsp3) is 0.200. The first-order valence-corrected chi connectivity index (χ1v) is 11.1. The van der Waals surface area contributed by atoms with Crippen LogP contribution in [0.5, 0.6) is 5.75 Å². The van der Waals surface area contributed by atoms with Gasteiger partial charge in [-0.2, -0.15) is 0 Å². The minimum Gasteiger partial charge on any atom is -0.496 e. The van der Waals surface area contributed by atoms with Gasteiger partial charge in [0.05, 0.1) is 24.5 Å². The van der Waals surface area contributed by atoms with Crippen molar-refractivity contribution in [2.24, 2.45) is 5.92 Å². The summed E-state index contributed by atoms with van der Waals surface area (Å²) in [5, 5.41) is 1.67. The van der Waals surface area contributed by atoms with Gasteiger partial charge >= 0.3 is 0 Å². The van der Waals surface area contributed by atoms with Crippen LogP contribution in [0.25, 0.3) is 0 Å². The van der Waals surface area contributed by atoms with Crippen molar-refractivity contribution in [2.75, 3.05) is 17.1 Å². The fourth-order valence-corrected chi connectivity index (χ4v) is 4.90. The maximum absolute atomic E-state index is 13.7. The molecule has 3 aromatic rings. The van der Waals surface area contributed by atoms with Crippen molar-refractivity contribution in [3.05, 3.63) is 88.4 Å². The number of hydroxylamine groups is 1. The van der Waals surface area contributed by atoms with E-state index in [0.29, 0.717) is 11.4 Å². The highest BCUT2D eigenvalue weighted by Gasteiger charge is 2.60. The first-order chi connectivity index (χ1) is 15.5. The van der Waals surface area contributed by atoms with E-state index in [9.17, 15) is 9.59 Å². The number of fused-ring (bicyclic) bond motifs is 1. The highest BCUT2D eigenvalue weighted by molar-refractivity contribution is 9.10. The zero-order valence-corrected chi connectivity index (χ0v) is 19.2. The molecule has 0 unspecified atom stereocenters. The smallest absolute Gasteiger partial charge is 0.266 e. The van der Waals surface area contributed by atoms with Crippen molar-refractivity contribution in [3.8, 4) is 5.75 Å². The maximum atomic E-state index is 13.7. The first-order valence-electron chi connectivity index (χ1n) is 10.3. The van der Waals surface area contributed by atoms with Crippen molar-refractivity contribution in [2.45, 2.75) is 19.1 Å². The summed E-state index contributed by atoms with van der Waals surface area (Å²) in [5.41, 5.74) is 2.97. The Morgan fingerprint density at radius 2 is 1.66 bits per heavy atom. The Bertz CT molecular complexity index is 1200. The molecule has 162 valence electrons. The van der Waals surface area contributed by atoms with E-state index in [1.54, 1.807) is 18.2 Å². The zero-order valence-electron chi connectivity index (χ0n) is 17.6. The lowest BCUT2D eigenvalue weighted by molar-refractivity contribution is -0.126. The number of para-hydroxylation sites is 2. The number of methoxy groups -OCH3 is 1. The fourth-order valence-electron chi connectivity index (χ4n) is 4.52. The number of nitrogens with zero attached hydrogens (tertiary/aromatic N) is 2. The standard InChI is InChI=1S/C25H21BrN2O4/c1-15-8-6-7-11-19(15)27-24(29)21-22(18-14-16(26)12-13-20(18)31-2)28(32-23(21)25(27)30)17-9-4-3-5-10-17/h3-14,21-23H,1-2H3/t21-,22+,23-/m1/s1. The number of amides is 2. The molecule has 0 radical (unpaired) electrons. The molecule has 5 rings (SSSR count). The van der Waals surface area contributed by atoms with Gasteiger partial charge in [-0.1, -0.05) is 52.3 Å². The topological polar surface area (TPSA) is 59.1 Å². The van der Waals surface area contributed by atoms with E-state index in [-0.39, 0.29) is 11.8 Å². The van der Waals surface area contributed by atoms with Gasteiger partial charge < -0.3 is 4.74 Å². The molecule has 6 nitrogen and oxygen atoms in total. The summed E-state index contributed by atoms with van der Waals surface area (Å²) in [6, 6.07) is 22.0.